The van der Waals surface area contributed by atoms with Gasteiger partial charge in [-0.3, -0.25) is 4.98 Å². The Labute approximate surface area is 145 Å². The molecule has 0 amide bonds. The fourth-order valence-electron chi connectivity index (χ4n) is 2.81. The van der Waals surface area contributed by atoms with Gasteiger partial charge in [0, 0.05) is 12.0 Å². The summed E-state index contributed by atoms with van der Waals surface area (Å²) >= 11 is 0. The van der Waals surface area contributed by atoms with Gasteiger partial charge < -0.3 is 4.74 Å². The highest BCUT2D eigenvalue weighted by molar-refractivity contribution is 6.02. The first-order chi connectivity index (χ1) is 12.4. The molecule has 0 aliphatic carbocycles. The Morgan fingerprint density at radius 1 is 1.04 bits per heavy atom. The van der Waals surface area contributed by atoms with Gasteiger partial charge in [0.2, 0.25) is 0 Å². The molecule has 0 aliphatic heterocycles. The largest absolute Gasteiger partial charge is 0.374 e. The van der Waals surface area contributed by atoms with Crippen LogP contribution in [0, 0.1) is 0 Å². The topological polar surface area (TPSA) is 52.3 Å². The van der Waals surface area contributed by atoms with Crippen molar-refractivity contribution in [2.75, 3.05) is 6.61 Å². The van der Waals surface area contributed by atoms with Crippen molar-refractivity contribution in [3.05, 3.63) is 72.2 Å². The fraction of sp³-hybridized carbons (Fsp3) is 0.150. The van der Waals surface area contributed by atoms with Crippen molar-refractivity contribution in [1.82, 2.24) is 14.6 Å². The molecule has 25 heavy (non-hydrogen) atoms. The third-order valence-corrected chi connectivity index (χ3v) is 3.99. The second kappa shape index (κ2) is 6.83. The molecule has 4 aromatic rings. The maximum atomic E-state index is 5.58. The molecule has 0 fully saturated rings. The Morgan fingerprint density at radius 3 is 2.68 bits per heavy atom. The van der Waals surface area contributed by atoms with Crippen molar-refractivity contribution in [3.8, 4) is 0 Å². The maximum Gasteiger partial charge on any atom is 0.157 e. The van der Waals surface area contributed by atoms with Crippen LogP contribution in [0.1, 0.15) is 18.3 Å². The molecule has 5 heteroatoms. The molecule has 2 heterocycles. The van der Waals surface area contributed by atoms with Gasteiger partial charge >= 0.3 is 0 Å². The van der Waals surface area contributed by atoms with Crippen LogP contribution in [0.3, 0.4) is 0 Å². The third-order valence-electron chi connectivity index (χ3n) is 3.99. The van der Waals surface area contributed by atoms with Gasteiger partial charge in [0.1, 0.15) is 17.6 Å². The van der Waals surface area contributed by atoms with Crippen molar-refractivity contribution in [3.63, 3.8) is 0 Å². The lowest BCUT2D eigenvalue weighted by molar-refractivity contribution is 0.126. The van der Waals surface area contributed by atoms with Crippen molar-refractivity contribution in [2.24, 2.45) is 5.10 Å². The van der Waals surface area contributed by atoms with Gasteiger partial charge in [-0.25, -0.2) is 9.66 Å². The number of hydrogen-bond acceptors (Lipinski definition) is 4. The number of hydrogen-bond donors (Lipinski definition) is 0. The molecule has 4 rings (SSSR count). The number of imidazole rings is 1. The Kier molecular flexibility index (Phi) is 4.23. The monoisotopic (exact) mass is 330 g/mol. The number of rotatable bonds is 5. The first-order valence-electron chi connectivity index (χ1n) is 8.29. The van der Waals surface area contributed by atoms with Crippen LogP contribution in [0.5, 0.6) is 0 Å². The average Bonchev–Trinajstić information content (AvgIpc) is 3.03. The lowest BCUT2D eigenvalue weighted by atomic mass is 10.2. The molecule has 124 valence electrons. The summed E-state index contributed by atoms with van der Waals surface area (Å²) in [6, 6.07) is 18.0. The molecular weight excluding hydrogens is 312 g/mol. The van der Waals surface area contributed by atoms with E-state index in [-0.39, 0.29) is 0 Å². The van der Waals surface area contributed by atoms with Crippen LogP contribution in [0.4, 0.5) is 0 Å². The van der Waals surface area contributed by atoms with Gasteiger partial charge in [-0.1, -0.05) is 48.5 Å². The SMILES string of the molecule is CCOCc1nc2cnc3ccccc3c2n1/N=C/c1ccccc1. The summed E-state index contributed by atoms with van der Waals surface area (Å²) in [6.45, 7) is 3.01. The molecule has 5 nitrogen and oxygen atoms in total. The van der Waals surface area contributed by atoms with Crippen molar-refractivity contribution in [2.45, 2.75) is 13.5 Å². The average molecular weight is 330 g/mol. The summed E-state index contributed by atoms with van der Waals surface area (Å²) in [7, 11) is 0. The highest BCUT2D eigenvalue weighted by Crippen LogP contribution is 2.25. The molecule has 0 unspecified atom stereocenters. The molecule has 0 radical (unpaired) electrons. The lowest BCUT2D eigenvalue weighted by Crippen LogP contribution is -2.02. The number of para-hydroxylation sites is 1. The predicted octanol–water partition coefficient (Wildman–Crippen LogP) is 4.00. The highest BCUT2D eigenvalue weighted by atomic mass is 16.5. The minimum absolute atomic E-state index is 0.408. The van der Waals surface area contributed by atoms with E-state index in [1.165, 1.54) is 0 Å². The number of benzene rings is 2. The van der Waals surface area contributed by atoms with Gasteiger partial charge in [0.05, 0.1) is 17.9 Å². The number of nitrogens with zero attached hydrogens (tertiary/aromatic N) is 4. The molecule has 0 saturated heterocycles. The Morgan fingerprint density at radius 2 is 1.84 bits per heavy atom. The molecule has 0 spiro atoms. The summed E-state index contributed by atoms with van der Waals surface area (Å²) in [4.78, 5) is 9.17. The molecule has 0 atom stereocenters. The fourth-order valence-corrected chi connectivity index (χ4v) is 2.81. The van der Waals surface area contributed by atoms with E-state index in [0.717, 1.165) is 33.3 Å². The van der Waals surface area contributed by atoms with Crippen molar-refractivity contribution in [1.29, 1.82) is 0 Å². The molecule has 0 bridgehead atoms. The normalized spacial score (nSPS) is 11.7. The van der Waals surface area contributed by atoms with Gasteiger partial charge in [-0.2, -0.15) is 5.10 Å². The second-order valence-corrected chi connectivity index (χ2v) is 5.64. The van der Waals surface area contributed by atoms with Crippen LogP contribution in [0.25, 0.3) is 21.9 Å². The number of aromatic nitrogens is 3. The second-order valence-electron chi connectivity index (χ2n) is 5.64. The van der Waals surface area contributed by atoms with Crippen LogP contribution < -0.4 is 0 Å². The van der Waals surface area contributed by atoms with Gasteiger partial charge in [-0.05, 0) is 18.6 Å². The molecule has 0 saturated carbocycles. The van der Waals surface area contributed by atoms with Crippen LogP contribution >= 0.6 is 0 Å². The molecular formula is C20H18N4O. The Hall–Kier alpha value is -3.05. The lowest BCUT2D eigenvalue weighted by Gasteiger charge is -2.05. The molecule has 0 aliphatic rings. The summed E-state index contributed by atoms with van der Waals surface area (Å²) in [5, 5.41) is 5.72. The van der Waals surface area contributed by atoms with Crippen LogP contribution in [-0.2, 0) is 11.3 Å². The van der Waals surface area contributed by atoms with Crippen molar-refractivity contribution >= 4 is 28.2 Å². The van der Waals surface area contributed by atoms with Crippen molar-refractivity contribution < 1.29 is 4.74 Å². The van der Waals surface area contributed by atoms with E-state index < -0.39 is 0 Å². The predicted molar refractivity (Wildman–Crippen MR) is 99.8 cm³/mol. The van der Waals surface area contributed by atoms with E-state index in [4.69, 9.17) is 4.74 Å². The summed E-state index contributed by atoms with van der Waals surface area (Å²) in [5.74, 6) is 0.766. The zero-order valence-corrected chi connectivity index (χ0v) is 14.0. The Bertz CT molecular complexity index is 1040. The molecule has 0 N–H and O–H groups in total. The minimum Gasteiger partial charge on any atom is -0.374 e. The zero-order chi connectivity index (χ0) is 17.1. The highest BCUT2D eigenvalue weighted by Gasteiger charge is 2.13. The molecule has 2 aromatic carbocycles. The number of pyridine rings is 1. The summed E-state index contributed by atoms with van der Waals surface area (Å²) in [6.07, 6.45) is 3.63. The van der Waals surface area contributed by atoms with E-state index in [9.17, 15) is 0 Å². The van der Waals surface area contributed by atoms with E-state index in [2.05, 4.69) is 15.1 Å². The first kappa shape index (κ1) is 15.5. The first-order valence-corrected chi connectivity index (χ1v) is 8.29. The van der Waals surface area contributed by atoms with E-state index in [1.54, 1.807) is 6.20 Å². The van der Waals surface area contributed by atoms with Gasteiger partial charge in [0.25, 0.3) is 0 Å². The van der Waals surface area contributed by atoms with Crippen LogP contribution in [0.2, 0.25) is 0 Å². The smallest absolute Gasteiger partial charge is 0.157 e. The summed E-state index contributed by atoms with van der Waals surface area (Å²) < 4.78 is 7.44. The van der Waals surface area contributed by atoms with Crippen LogP contribution in [0.15, 0.2) is 65.9 Å². The Balaban J connectivity index is 1.91. The standard InChI is InChI=1S/C20H18N4O/c1-2-25-14-19-23-18-13-21-17-11-7-6-10-16(17)20(18)24(19)22-12-15-8-4-3-5-9-15/h3-13H,2,14H2,1H3/b22-12+. The van der Waals surface area contributed by atoms with Gasteiger partial charge in [-0.15, -0.1) is 0 Å². The van der Waals surface area contributed by atoms with E-state index >= 15 is 0 Å². The minimum atomic E-state index is 0.408. The third kappa shape index (κ3) is 3.02. The van der Waals surface area contributed by atoms with E-state index in [1.807, 2.05) is 72.4 Å². The van der Waals surface area contributed by atoms with Crippen LogP contribution in [-0.4, -0.2) is 27.5 Å². The number of fused-ring (bicyclic) bond motifs is 3. The van der Waals surface area contributed by atoms with E-state index in [0.29, 0.717) is 13.2 Å². The van der Waals surface area contributed by atoms with Gasteiger partial charge in [0.15, 0.2) is 5.82 Å². The summed E-state index contributed by atoms with van der Waals surface area (Å²) in [5.41, 5.74) is 3.73. The molecule has 2 aromatic heterocycles. The maximum absolute atomic E-state index is 5.58. The number of ether oxygens (including phenoxy) is 1. The quantitative estimate of drug-likeness (QED) is 0.520. The zero-order valence-electron chi connectivity index (χ0n) is 14.0.